The van der Waals surface area contributed by atoms with Crippen molar-refractivity contribution in [2.75, 3.05) is 5.75 Å². The summed E-state index contributed by atoms with van der Waals surface area (Å²) in [7, 11) is -3.66. The third kappa shape index (κ3) is 3.22. The van der Waals surface area contributed by atoms with Gasteiger partial charge in [-0.05, 0) is 24.5 Å². The molecule has 0 fully saturated rings. The molecule has 0 radical (unpaired) electrons. The van der Waals surface area contributed by atoms with Gasteiger partial charge < -0.3 is 10.2 Å². The van der Waals surface area contributed by atoms with E-state index in [1.54, 1.807) is 42.5 Å². The molecule has 27 heavy (non-hydrogen) atoms. The molecule has 3 atom stereocenters. The van der Waals surface area contributed by atoms with E-state index in [1.165, 1.54) is 6.07 Å². The summed E-state index contributed by atoms with van der Waals surface area (Å²) >= 11 is 0. The molecule has 0 amide bonds. The molecular weight excluding hydrogens is 360 g/mol. The van der Waals surface area contributed by atoms with Crippen LogP contribution in [0.4, 0.5) is 0 Å². The minimum absolute atomic E-state index is 0.113. The summed E-state index contributed by atoms with van der Waals surface area (Å²) in [5.74, 6) is -0.163. The van der Waals surface area contributed by atoms with Crippen molar-refractivity contribution in [1.82, 2.24) is 0 Å². The summed E-state index contributed by atoms with van der Waals surface area (Å²) in [6.45, 7) is 3.94. The first-order valence-electron chi connectivity index (χ1n) is 9.60. The van der Waals surface area contributed by atoms with Crippen molar-refractivity contribution >= 4 is 9.84 Å². The molecule has 0 aromatic heterocycles. The number of unbranched alkanes of at least 4 members (excludes halogenated alkanes) is 1. The van der Waals surface area contributed by atoms with Crippen LogP contribution in [0.5, 0.6) is 0 Å². The van der Waals surface area contributed by atoms with Crippen LogP contribution in [0.15, 0.2) is 59.5 Å². The molecular formula is C22H28O4S. The Hall–Kier alpha value is -1.69. The van der Waals surface area contributed by atoms with Gasteiger partial charge in [-0.15, -0.1) is 0 Å². The lowest BCUT2D eigenvalue weighted by atomic mass is 9.66. The van der Waals surface area contributed by atoms with Crippen molar-refractivity contribution in [3.05, 3.63) is 65.7 Å². The third-order valence-corrected chi connectivity index (χ3v) is 8.01. The van der Waals surface area contributed by atoms with Gasteiger partial charge in [0.15, 0.2) is 9.84 Å². The summed E-state index contributed by atoms with van der Waals surface area (Å²) < 4.78 is 26.5. The topological polar surface area (TPSA) is 74.6 Å². The van der Waals surface area contributed by atoms with E-state index in [-0.39, 0.29) is 16.2 Å². The van der Waals surface area contributed by atoms with Crippen LogP contribution in [0.2, 0.25) is 0 Å². The highest BCUT2D eigenvalue weighted by Gasteiger charge is 2.56. The number of rotatable bonds is 5. The van der Waals surface area contributed by atoms with Gasteiger partial charge in [-0.2, -0.15) is 0 Å². The summed E-state index contributed by atoms with van der Waals surface area (Å²) in [5.41, 5.74) is -1.93. The van der Waals surface area contributed by atoms with Crippen LogP contribution < -0.4 is 0 Å². The lowest BCUT2D eigenvalue weighted by Crippen LogP contribution is -2.52. The first-order valence-corrected chi connectivity index (χ1v) is 11.3. The average molecular weight is 389 g/mol. The third-order valence-electron chi connectivity index (χ3n) is 6.03. The quantitative estimate of drug-likeness (QED) is 0.820. The maximum absolute atomic E-state index is 13.3. The van der Waals surface area contributed by atoms with E-state index in [2.05, 4.69) is 0 Å². The second kappa shape index (κ2) is 7.38. The Kier molecular flexibility index (Phi) is 5.48. The Morgan fingerprint density at radius 3 is 2.30 bits per heavy atom. The molecule has 146 valence electrons. The summed E-state index contributed by atoms with van der Waals surface area (Å²) in [6, 6.07) is 15.5. The number of sulfone groups is 1. The molecule has 3 rings (SSSR count). The maximum atomic E-state index is 13.3. The van der Waals surface area contributed by atoms with Crippen molar-refractivity contribution in [3.63, 3.8) is 0 Å². The Bertz CT molecular complexity index is 894. The van der Waals surface area contributed by atoms with Gasteiger partial charge in [0.25, 0.3) is 0 Å². The Morgan fingerprint density at radius 2 is 1.67 bits per heavy atom. The fourth-order valence-corrected chi connectivity index (χ4v) is 6.66. The van der Waals surface area contributed by atoms with E-state index in [0.717, 1.165) is 12.8 Å². The zero-order chi connectivity index (χ0) is 19.7. The number of benzene rings is 2. The highest BCUT2D eigenvalue weighted by Crippen LogP contribution is 2.50. The zero-order valence-corrected chi connectivity index (χ0v) is 16.7. The second-order valence-corrected chi connectivity index (χ2v) is 9.57. The molecule has 2 unspecified atom stereocenters. The molecule has 0 bridgehead atoms. The average Bonchev–Trinajstić information content (AvgIpc) is 2.75. The summed E-state index contributed by atoms with van der Waals surface area (Å²) in [5, 5.41) is 23.5. The molecule has 1 aliphatic heterocycles. The van der Waals surface area contributed by atoms with Crippen molar-refractivity contribution in [1.29, 1.82) is 0 Å². The van der Waals surface area contributed by atoms with Gasteiger partial charge in [0, 0.05) is 11.0 Å². The summed E-state index contributed by atoms with van der Waals surface area (Å²) in [6.07, 6.45) is 1.47. The van der Waals surface area contributed by atoms with Crippen molar-refractivity contribution < 1.29 is 18.6 Å². The minimum Gasteiger partial charge on any atom is -0.389 e. The first kappa shape index (κ1) is 20.1. The smallest absolute Gasteiger partial charge is 0.179 e. The van der Waals surface area contributed by atoms with Crippen molar-refractivity contribution in [2.45, 2.75) is 56.1 Å². The van der Waals surface area contributed by atoms with Gasteiger partial charge in [0.2, 0.25) is 0 Å². The number of hydrogen-bond acceptors (Lipinski definition) is 4. The van der Waals surface area contributed by atoms with Gasteiger partial charge in [0.05, 0.1) is 16.8 Å². The van der Waals surface area contributed by atoms with Crippen molar-refractivity contribution in [3.8, 4) is 0 Å². The highest BCUT2D eigenvalue weighted by atomic mass is 32.2. The van der Waals surface area contributed by atoms with Crippen LogP contribution >= 0.6 is 0 Å². The normalized spacial score (nSPS) is 29.7. The fraction of sp³-hybridized carbons (Fsp3) is 0.455. The Balaban J connectivity index is 2.34. The largest absolute Gasteiger partial charge is 0.389 e. The molecule has 5 heteroatoms. The predicted octanol–water partition coefficient (Wildman–Crippen LogP) is 3.66. The van der Waals surface area contributed by atoms with E-state index in [9.17, 15) is 18.6 Å². The van der Waals surface area contributed by atoms with E-state index < -0.39 is 27.0 Å². The Morgan fingerprint density at radius 1 is 1.04 bits per heavy atom. The second-order valence-electron chi connectivity index (χ2n) is 7.61. The number of aliphatic hydroxyl groups is 2. The van der Waals surface area contributed by atoms with Crippen LogP contribution in [0.3, 0.4) is 0 Å². The number of aliphatic hydroxyl groups excluding tert-OH is 1. The van der Waals surface area contributed by atoms with Crippen LogP contribution in [0, 0.1) is 5.41 Å². The van der Waals surface area contributed by atoms with E-state index in [0.29, 0.717) is 18.4 Å². The maximum Gasteiger partial charge on any atom is 0.179 e. The standard InChI is InChI=1S/C22H28O4S/c1-3-5-15-21(4-2)16-27(25,26)19-14-10-9-13-18(19)22(24,20(21)23)17-11-7-6-8-12-17/h6-14,20,23-24H,3-5,15-16H2,1-2H3/t20?,21-,22?/m1/s1. The summed E-state index contributed by atoms with van der Waals surface area (Å²) in [4.78, 5) is 0.113. The van der Waals surface area contributed by atoms with Gasteiger partial charge >= 0.3 is 0 Å². The Labute approximate surface area is 161 Å². The highest BCUT2D eigenvalue weighted by molar-refractivity contribution is 7.91. The van der Waals surface area contributed by atoms with Gasteiger partial charge in [0.1, 0.15) is 5.60 Å². The fourth-order valence-electron chi connectivity index (χ4n) is 4.39. The number of hydrogen-bond donors (Lipinski definition) is 2. The van der Waals surface area contributed by atoms with Gasteiger partial charge in [-0.3, -0.25) is 0 Å². The van der Waals surface area contributed by atoms with Crippen LogP contribution in [-0.4, -0.2) is 30.5 Å². The van der Waals surface area contributed by atoms with Crippen molar-refractivity contribution in [2.24, 2.45) is 5.41 Å². The minimum atomic E-state index is -3.66. The molecule has 2 aromatic rings. The molecule has 1 aliphatic rings. The van der Waals surface area contributed by atoms with Crippen LogP contribution in [0.25, 0.3) is 0 Å². The van der Waals surface area contributed by atoms with Crippen LogP contribution in [0.1, 0.15) is 50.7 Å². The van der Waals surface area contributed by atoms with Gasteiger partial charge in [-0.1, -0.05) is 75.2 Å². The lowest BCUT2D eigenvalue weighted by molar-refractivity contribution is -0.114. The lowest BCUT2D eigenvalue weighted by Gasteiger charge is -2.44. The molecule has 0 spiro atoms. The molecule has 4 nitrogen and oxygen atoms in total. The molecule has 2 N–H and O–H groups in total. The SMILES string of the molecule is CCCC[C@]1(CC)CS(=O)(=O)c2ccccc2C(O)(c2ccccc2)C1O. The van der Waals surface area contributed by atoms with Crippen LogP contribution in [-0.2, 0) is 15.4 Å². The van der Waals surface area contributed by atoms with E-state index in [4.69, 9.17) is 0 Å². The molecule has 2 aromatic carbocycles. The molecule has 0 aliphatic carbocycles. The van der Waals surface area contributed by atoms with E-state index in [1.807, 2.05) is 19.9 Å². The monoisotopic (exact) mass is 388 g/mol. The predicted molar refractivity (Wildman–Crippen MR) is 106 cm³/mol. The molecule has 0 saturated heterocycles. The van der Waals surface area contributed by atoms with Gasteiger partial charge in [-0.25, -0.2) is 8.42 Å². The number of fused-ring (bicyclic) bond motifs is 1. The first-order chi connectivity index (χ1) is 12.8. The molecule has 0 saturated carbocycles. The van der Waals surface area contributed by atoms with E-state index >= 15 is 0 Å². The molecule has 1 heterocycles. The zero-order valence-electron chi connectivity index (χ0n) is 15.9.